The molecule has 3 heterocycles. The van der Waals surface area contributed by atoms with Gasteiger partial charge in [-0.15, -0.1) is 11.3 Å². The summed E-state index contributed by atoms with van der Waals surface area (Å²) >= 11 is 1.50. The minimum Gasteiger partial charge on any atom is -0.462 e. The fraction of sp³-hybridized carbons (Fsp3) is 0.500. The van der Waals surface area contributed by atoms with Crippen molar-refractivity contribution < 1.29 is 9.21 Å². The van der Waals surface area contributed by atoms with E-state index in [0.29, 0.717) is 12.5 Å². The zero-order chi connectivity index (χ0) is 15.4. The second-order valence-corrected chi connectivity index (χ2v) is 6.38. The molecule has 1 saturated heterocycles. The third kappa shape index (κ3) is 3.56. The van der Waals surface area contributed by atoms with Crippen LogP contribution < -0.4 is 5.32 Å². The summed E-state index contributed by atoms with van der Waals surface area (Å²) in [6, 6.07) is 4.20. The Morgan fingerprint density at radius 3 is 3.27 bits per heavy atom. The van der Waals surface area contributed by atoms with Crippen LogP contribution in [0.4, 0.5) is 0 Å². The number of aromatic nitrogens is 1. The largest absolute Gasteiger partial charge is 0.462 e. The fourth-order valence-electron chi connectivity index (χ4n) is 2.90. The standard InChI is InChI=1S/C16H21N3O2S/c1-2-19-7-3-5-13(19)10-17-15(20)9-12-11-22-16(18-12)14-6-4-8-21-14/h4,6,8,11,13H,2-3,5,7,9-10H2,1H3,(H,17,20). The van der Waals surface area contributed by atoms with Crippen LogP contribution >= 0.6 is 11.3 Å². The van der Waals surface area contributed by atoms with Crippen LogP contribution in [-0.4, -0.2) is 41.5 Å². The van der Waals surface area contributed by atoms with Crippen molar-refractivity contribution in [1.82, 2.24) is 15.2 Å². The van der Waals surface area contributed by atoms with E-state index < -0.39 is 0 Å². The minimum atomic E-state index is 0.0410. The third-order valence-corrected chi connectivity index (χ3v) is 4.97. The van der Waals surface area contributed by atoms with Gasteiger partial charge in [0.2, 0.25) is 5.91 Å². The van der Waals surface area contributed by atoms with Crippen LogP contribution in [0.2, 0.25) is 0 Å². The number of thiazole rings is 1. The molecule has 5 nitrogen and oxygen atoms in total. The molecule has 0 aromatic carbocycles. The summed E-state index contributed by atoms with van der Waals surface area (Å²) in [5.41, 5.74) is 0.799. The highest BCUT2D eigenvalue weighted by molar-refractivity contribution is 7.13. The molecule has 3 rings (SSSR count). The van der Waals surface area contributed by atoms with Crippen molar-refractivity contribution in [2.75, 3.05) is 19.6 Å². The predicted molar refractivity (Wildman–Crippen MR) is 86.8 cm³/mol. The van der Waals surface area contributed by atoms with Gasteiger partial charge in [-0.1, -0.05) is 6.92 Å². The molecule has 6 heteroatoms. The number of likely N-dealkylation sites (tertiary alicyclic amines) is 1. The van der Waals surface area contributed by atoms with Crippen LogP contribution in [0.5, 0.6) is 0 Å². The Hall–Kier alpha value is -1.66. The molecule has 1 atom stereocenters. The summed E-state index contributed by atoms with van der Waals surface area (Å²) < 4.78 is 5.32. The molecule has 1 unspecified atom stereocenters. The van der Waals surface area contributed by atoms with Gasteiger partial charge < -0.3 is 9.73 Å². The molecule has 2 aromatic heterocycles. The molecule has 1 N–H and O–H groups in total. The number of likely N-dealkylation sites (N-methyl/N-ethyl adjacent to an activating group) is 1. The molecule has 1 aliphatic heterocycles. The lowest BCUT2D eigenvalue weighted by atomic mass is 10.2. The minimum absolute atomic E-state index is 0.0410. The maximum atomic E-state index is 12.1. The molecule has 0 radical (unpaired) electrons. The number of carbonyl (C=O) groups excluding carboxylic acids is 1. The van der Waals surface area contributed by atoms with Crippen molar-refractivity contribution in [3.63, 3.8) is 0 Å². The molecule has 0 saturated carbocycles. The van der Waals surface area contributed by atoms with Crippen molar-refractivity contribution in [3.05, 3.63) is 29.5 Å². The normalized spacial score (nSPS) is 18.7. The van der Waals surface area contributed by atoms with Crippen LogP contribution in [0.15, 0.2) is 28.2 Å². The number of carbonyl (C=O) groups is 1. The molecular formula is C16H21N3O2S. The van der Waals surface area contributed by atoms with Crippen LogP contribution in [0, 0.1) is 0 Å². The highest BCUT2D eigenvalue weighted by atomic mass is 32.1. The predicted octanol–water partition coefficient (Wildman–Crippen LogP) is 2.55. The van der Waals surface area contributed by atoms with Crippen LogP contribution in [0.25, 0.3) is 10.8 Å². The zero-order valence-corrected chi connectivity index (χ0v) is 13.6. The first-order valence-electron chi connectivity index (χ1n) is 7.75. The molecular weight excluding hydrogens is 298 g/mol. The van der Waals surface area contributed by atoms with Gasteiger partial charge in [0, 0.05) is 18.0 Å². The monoisotopic (exact) mass is 319 g/mol. The zero-order valence-electron chi connectivity index (χ0n) is 12.7. The molecule has 1 amide bonds. The van der Waals surface area contributed by atoms with E-state index in [2.05, 4.69) is 22.1 Å². The van der Waals surface area contributed by atoms with Gasteiger partial charge in [-0.2, -0.15) is 0 Å². The van der Waals surface area contributed by atoms with E-state index in [9.17, 15) is 4.79 Å². The highest BCUT2D eigenvalue weighted by Gasteiger charge is 2.23. The van der Waals surface area contributed by atoms with Gasteiger partial charge in [-0.3, -0.25) is 9.69 Å². The van der Waals surface area contributed by atoms with E-state index in [1.165, 1.54) is 24.2 Å². The number of rotatable bonds is 6. The Kier molecular flexibility index (Phi) is 4.90. The van der Waals surface area contributed by atoms with Gasteiger partial charge >= 0.3 is 0 Å². The molecule has 2 aromatic rings. The number of hydrogen-bond donors (Lipinski definition) is 1. The average molecular weight is 319 g/mol. The first kappa shape index (κ1) is 15.2. The number of furan rings is 1. The van der Waals surface area contributed by atoms with E-state index in [1.807, 2.05) is 17.5 Å². The summed E-state index contributed by atoms with van der Waals surface area (Å²) in [5, 5.41) is 5.78. The van der Waals surface area contributed by atoms with Crippen molar-refractivity contribution in [1.29, 1.82) is 0 Å². The smallest absolute Gasteiger partial charge is 0.226 e. The van der Waals surface area contributed by atoms with Gasteiger partial charge in [0.25, 0.3) is 0 Å². The fourth-order valence-corrected chi connectivity index (χ4v) is 3.69. The van der Waals surface area contributed by atoms with E-state index >= 15 is 0 Å². The van der Waals surface area contributed by atoms with Gasteiger partial charge in [-0.25, -0.2) is 4.98 Å². The highest BCUT2D eigenvalue weighted by Crippen LogP contribution is 2.24. The summed E-state index contributed by atoms with van der Waals surface area (Å²) in [5.74, 6) is 0.792. The molecule has 0 bridgehead atoms. The topological polar surface area (TPSA) is 58.4 Å². The number of nitrogens with one attached hydrogen (secondary N) is 1. The number of nitrogens with zero attached hydrogens (tertiary/aromatic N) is 2. The lowest BCUT2D eigenvalue weighted by Gasteiger charge is -2.22. The van der Waals surface area contributed by atoms with Crippen molar-refractivity contribution in [2.24, 2.45) is 0 Å². The third-order valence-electron chi connectivity index (χ3n) is 4.07. The maximum absolute atomic E-state index is 12.1. The molecule has 1 aliphatic rings. The number of hydrogen-bond acceptors (Lipinski definition) is 5. The van der Waals surface area contributed by atoms with Gasteiger partial charge in [0.05, 0.1) is 18.4 Å². The molecule has 22 heavy (non-hydrogen) atoms. The summed E-state index contributed by atoms with van der Waals surface area (Å²) in [4.78, 5) is 19.0. The van der Waals surface area contributed by atoms with E-state index in [4.69, 9.17) is 4.42 Å². The molecule has 0 aliphatic carbocycles. The first-order chi connectivity index (χ1) is 10.8. The van der Waals surface area contributed by atoms with Crippen LogP contribution in [0.3, 0.4) is 0 Å². The van der Waals surface area contributed by atoms with Crippen LogP contribution in [0.1, 0.15) is 25.5 Å². The molecule has 0 spiro atoms. The molecule has 118 valence electrons. The van der Waals surface area contributed by atoms with Crippen molar-refractivity contribution in [2.45, 2.75) is 32.2 Å². The molecule has 1 fully saturated rings. The quantitative estimate of drug-likeness (QED) is 0.889. The summed E-state index contributed by atoms with van der Waals surface area (Å²) in [7, 11) is 0. The lowest BCUT2D eigenvalue weighted by molar-refractivity contribution is -0.120. The van der Waals surface area contributed by atoms with Gasteiger partial charge in [-0.05, 0) is 38.1 Å². The van der Waals surface area contributed by atoms with Crippen molar-refractivity contribution in [3.8, 4) is 10.8 Å². The Labute approximate surface area is 134 Å². The van der Waals surface area contributed by atoms with Crippen LogP contribution in [-0.2, 0) is 11.2 Å². The second-order valence-electron chi connectivity index (χ2n) is 5.53. The first-order valence-corrected chi connectivity index (χ1v) is 8.63. The van der Waals surface area contributed by atoms with E-state index in [-0.39, 0.29) is 5.91 Å². The Morgan fingerprint density at radius 1 is 1.59 bits per heavy atom. The van der Waals surface area contributed by atoms with E-state index in [1.54, 1.807) is 6.26 Å². The second kappa shape index (κ2) is 7.07. The number of amides is 1. The van der Waals surface area contributed by atoms with Crippen molar-refractivity contribution >= 4 is 17.2 Å². The lowest BCUT2D eigenvalue weighted by Crippen LogP contribution is -2.40. The Bertz CT molecular complexity index is 609. The average Bonchev–Trinajstić information content (AvgIpc) is 3.25. The summed E-state index contributed by atoms with van der Waals surface area (Å²) in [6.07, 6.45) is 4.36. The van der Waals surface area contributed by atoms with Gasteiger partial charge in [0.1, 0.15) is 0 Å². The van der Waals surface area contributed by atoms with Gasteiger partial charge in [0.15, 0.2) is 10.8 Å². The van der Waals surface area contributed by atoms with E-state index in [0.717, 1.165) is 36.1 Å². The SMILES string of the molecule is CCN1CCCC1CNC(=O)Cc1csc(-c2ccco2)n1. The summed E-state index contributed by atoms with van der Waals surface area (Å²) in [6.45, 7) is 5.11. The Balaban J connectivity index is 1.50. The maximum Gasteiger partial charge on any atom is 0.226 e. The Morgan fingerprint density at radius 2 is 2.50 bits per heavy atom.